The molecule has 1 aromatic rings. The Kier molecular flexibility index (Phi) is 6.93. The van der Waals surface area contributed by atoms with Gasteiger partial charge in [-0.3, -0.25) is 0 Å². The Morgan fingerprint density at radius 2 is 2.22 bits per heavy atom. The van der Waals surface area contributed by atoms with Gasteiger partial charge in [0.25, 0.3) is 0 Å². The minimum atomic E-state index is -0.486. The zero-order valence-electron chi connectivity index (χ0n) is 14.5. The van der Waals surface area contributed by atoms with Crippen LogP contribution >= 0.6 is 0 Å². The first-order valence-corrected chi connectivity index (χ1v) is 8.46. The summed E-state index contributed by atoms with van der Waals surface area (Å²) in [5.41, 5.74) is 1.07. The standard InChI is InChI=1S/C19H29NO3/c1-4-6-16-8-9-18(19(11-16)22-3)23-14-17(21)13-20-10-5-7-15(2)12-20/h4,6,8-9,11,15,17,21H,5,7,10,12-14H2,1-3H3/b6-4+/t15-,17-/m0/s1. The molecule has 2 rings (SSSR count). The van der Waals surface area contributed by atoms with Gasteiger partial charge in [-0.25, -0.2) is 0 Å². The Hall–Kier alpha value is -1.52. The van der Waals surface area contributed by atoms with Crippen molar-refractivity contribution in [1.82, 2.24) is 4.90 Å². The molecule has 2 atom stereocenters. The van der Waals surface area contributed by atoms with E-state index in [-0.39, 0.29) is 6.61 Å². The Morgan fingerprint density at radius 1 is 1.39 bits per heavy atom. The molecule has 0 aliphatic carbocycles. The Balaban J connectivity index is 1.87. The van der Waals surface area contributed by atoms with Crippen molar-refractivity contribution in [2.75, 3.05) is 33.4 Å². The van der Waals surface area contributed by atoms with Crippen LogP contribution in [0.5, 0.6) is 11.5 Å². The van der Waals surface area contributed by atoms with E-state index in [0.29, 0.717) is 18.0 Å². The van der Waals surface area contributed by atoms with Crippen LogP contribution in [0.25, 0.3) is 6.08 Å². The van der Waals surface area contributed by atoms with E-state index in [0.717, 1.165) is 24.6 Å². The third-order valence-electron chi connectivity index (χ3n) is 4.19. The molecule has 0 saturated carbocycles. The molecule has 1 N–H and O–H groups in total. The largest absolute Gasteiger partial charge is 0.493 e. The van der Waals surface area contributed by atoms with Gasteiger partial charge in [-0.15, -0.1) is 0 Å². The van der Waals surface area contributed by atoms with Crippen molar-refractivity contribution >= 4 is 6.08 Å². The number of β-amino-alcohol motifs (C(OH)–C–C–N with tert-alkyl or cyclic N) is 1. The number of methoxy groups -OCH3 is 1. The highest BCUT2D eigenvalue weighted by Crippen LogP contribution is 2.28. The van der Waals surface area contributed by atoms with Gasteiger partial charge in [0.15, 0.2) is 11.5 Å². The Labute approximate surface area is 139 Å². The number of piperidine rings is 1. The first-order chi connectivity index (χ1) is 11.1. The summed E-state index contributed by atoms with van der Waals surface area (Å²) >= 11 is 0. The molecule has 1 heterocycles. The van der Waals surface area contributed by atoms with Crippen molar-refractivity contribution < 1.29 is 14.6 Å². The molecule has 1 aliphatic heterocycles. The first-order valence-electron chi connectivity index (χ1n) is 8.46. The van der Waals surface area contributed by atoms with Crippen molar-refractivity contribution in [3.8, 4) is 11.5 Å². The maximum atomic E-state index is 10.2. The quantitative estimate of drug-likeness (QED) is 0.838. The number of hydrogen-bond acceptors (Lipinski definition) is 4. The third-order valence-corrected chi connectivity index (χ3v) is 4.19. The van der Waals surface area contributed by atoms with Gasteiger partial charge in [0.1, 0.15) is 12.7 Å². The van der Waals surface area contributed by atoms with Crippen molar-refractivity contribution in [3.63, 3.8) is 0 Å². The normalized spacial score (nSPS) is 20.6. The second-order valence-electron chi connectivity index (χ2n) is 6.38. The van der Waals surface area contributed by atoms with Gasteiger partial charge in [0, 0.05) is 13.1 Å². The van der Waals surface area contributed by atoms with Gasteiger partial charge in [0.2, 0.25) is 0 Å². The van der Waals surface area contributed by atoms with Crippen LogP contribution in [0.15, 0.2) is 24.3 Å². The molecule has 0 radical (unpaired) electrons. The highest BCUT2D eigenvalue weighted by atomic mass is 16.5. The molecule has 0 unspecified atom stereocenters. The number of nitrogens with zero attached hydrogens (tertiary/aromatic N) is 1. The van der Waals surface area contributed by atoms with Crippen LogP contribution in [0, 0.1) is 5.92 Å². The number of rotatable bonds is 7. The second-order valence-corrected chi connectivity index (χ2v) is 6.38. The molecular weight excluding hydrogens is 290 g/mol. The van der Waals surface area contributed by atoms with Crippen LogP contribution in [0.2, 0.25) is 0 Å². The van der Waals surface area contributed by atoms with Crippen LogP contribution in [-0.4, -0.2) is 49.5 Å². The molecule has 0 amide bonds. The number of ether oxygens (including phenoxy) is 2. The lowest BCUT2D eigenvalue weighted by Crippen LogP contribution is -2.41. The van der Waals surface area contributed by atoms with E-state index in [9.17, 15) is 5.11 Å². The zero-order chi connectivity index (χ0) is 16.7. The molecule has 1 fully saturated rings. The fourth-order valence-corrected chi connectivity index (χ4v) is 3.09. The Bertz CT molecular complexity index is 515. The zero-order valence-corrected chi connectivity index (χ0v) is 14.5. The summed E-state index contributed by atoms with van der Waals surface area (Å²) in [6, 6.07) is 5.81. The van der Waals surface area contributed by atoms with Crippen LogP contribution in [0.3, 0.4) is 0 Å². The maximum Gasteiger partial charge on any atom is 0.161 e. The number of hydrogen-bond donors (Lipinski definition) is 1. The van der Waals surface area contributed by atoms with Crippen molar-refractivity contribution in [2.45, 2.75) is 32.8 Å². The van der Waals surface area contributed by atoms with Crippen LogP contribution < -0.4 is 9.47 Å². The third kappa shape index (κ3) is 5.56. The number of likely N-dealkylation sites (tertiary alicyclic amines) is 1. The lowest BCUT2D eigenvalue weighted by molar-refractivity contribution is 0.0530. The van der Waals surface area contributed by atoms with Crippen molar-refractivity contribution in [2.24, 2.45) is 5.92 Å². The van der Waals surface area contributed by atoms with Crippen molar-refractivity contribution in [1.29, 1.82) is 0 Å². The lowest BCUT2D eigenvalue weighted by Gasteiger charge is -2.32. The molecule has 23 heavy (non-hydrogen) atoms. The van der Waals surface area contributed by atoms with E-state index in [1.54, 1.807) is 7.11 Å². The summed E-state index contributed by atoms with van der Waals surface area (Å²) in [7, 11) is 1.63. The highest BCUT2D eigenvalue weighted by Gasteiger charge is 2.19. The minimum absolute atomic E-state index is 0.282. The number of aliphatic hydroxyl groups excluding tert-OH is 1. The van der Waals surface area contributed by atoms with E-state index >= 15 is 0 Å². The SMILES string of the molecule is C/C=C/c1ccc(OC[C@@H](O)CN2CCC[C@H](C)C2)c(OC)c1. The lowest BCUT2D eigenvalue weighted by atomic mass is 10.0. The molecule has 0 spiro atoms. The van der Waals surface area contributed by atoms with Gasteiger partial charge < -0.3 is 19.5 Å². The van der Waals surface area contributed by atoms with Gasteiger partial charge in [-0.2, -0.15) is 0 Å². The highest BCUT2D eigenvalue weighted by molar-refractivity contribution is 5.55. The summed E-state index contributed by atoms with van der Waals surface area (Å²) in [6.07, 6.45) is 6.02. The molecule has 128 valence electrons. The minimum Gasteiger partial charge on any atom is -0.493 e. The summed E-state index contributed by atoms with van der Waals surface area (Å²) in [6.45, 7) is 7.34. The fraction of sp³-hybridized carbons (Fsp3) is 0.579. The summed E-state index contributed by atoms with van der Waals surface area (Å²) in [4.78, 5) is 2.33. The molecule has 4 heteroatoms. The molecule has 0 bridgehead atoms. The smallest absolute Gasteiger partial charge is 0.161 e. The van der Waals surface area contributed by atoms with E-state index in [1.165, 1.54) is 12.8 Å². The van der Waals surface area contributed by atoms with Gasteiger partial charge in [0.05, 0.1) is 7.11 Å². The van der Waals surface area contributed by atoms with Gasteiger partial charge in [-0.1, -0.05) is 25.1 Å². The summed E-state index contributed by atoms with van der Waals surface area (Å²) < 4.78 is 11.1. The molecule has 1 saturated heterocycles. The van der Waals surface area contributed by atoms with Crippen LogP contribution in [0.4, 0.5) is 0 Å². The first kappa shape index (κ1) is 17.8. The van der Waals surface area contributed by atoms with E-state index in [2.05, 4.69) is 11.8 Å². The van der Waals surface area contributed by atoms with Gasteiger partial charge >= 0.3 is 0 Å². The monoisotopic (exact) mass is 319 g/mol. The molecule has 1 aromatic carbocycles. The van der Waals surface area contributed by atoms with Crippen molar-refractivity contribution in [3.05, 3.63) is 29.8 Å². The maximum absolute atomic E-state index is 10.2. The molecule has 1 aliphatic rings. The molecule has 4 nitrogen and oxygen atoms in total. The fourth-order valence-electron chi connectivity index (χ4n) is 3.09. The van der Waals surface area contributed by atoms with E-state index in [1.807, 2.05) is 37.3 Å². The Morgan fingerprint density at radius 3 is 2.91 bits per heavy atom. The number of allylic oxidation sites excluding steroid dienone is 1. The number of benzene rings is 1. The average molecular weight is 319 g/mol. The number of aliphatic hydroxyl groups is 1. The van der Waals surface area contributed by atoms with Crippen LogP contribution in [0.1, 0.15) is 32.3 Å². The van der Waals surface area contributed by atoms with Crippen LogP contribution in [-0.2, 0) is 0 Å². The van der Waals surface area contributed by atoms with Gasteiger partial charge in [-0.05, 0) is 49.9 Å². The average Bonchev–Trinajstić information content (AvgIpc) is 2.54. The molecule has 0 aromatic heterocycles. The van der Waals surface area contributed by atoms with E-state index in [4.69, 9.17) is 9.47 Å². The predicted octanol–water partition coefficient (Wildman–Crippen LogP) is 3.20. The second kappa shape index (κ2) is 8.94. The predicted molar refractivity (Wildman–Crippen MR) is 94.0 cm³/mol. The molecular formula is C19H29NO3. The van der Waals surface area contributed by atoms with E-state index < -0.39 is 6.10 Å². The summed E-state index contributed by atoms with van der Waals surface area (Å²) in [5.74, 6) is 2.09. The summed E-state index contributed by atoms with van der Waals surface area (Å²) in [5, 5.41) is 10.2. The topological polar surface area (TPSA) is 41.9 Å².